The topological polar surface area (TPSA) is 59.3 Å². The molecule has 0 amide bonds. The molecule has 0 radical (unpaired) electrons. The summed E-state index contributed by atoms with van der Waals surface area (Å²) in [5, 5.41) is 17.7. The number of anilines is 1. The minimum atomic E-state index is -0.191. The second-order valence-electron chi connectivity index (χ2n) is 5.12. The smallest absolute Gasteiger partial charge is 0.0877 e. The normalized spacial score (nSPS) is 16.7. The number of nitrogens with one attached hydrogen (secondary N) is 1. The molecule has 1 fully saturated rings. The van der Waals surface area contributed by atoms with Gasteiger partial charge in [-0.3, -0.25) is 0 Å². The molecule has 5 nitrogen and oxygen atoms in total. The highest BCUT2D eigenvalue weighted by Crippen LogP contribution is 2.29. The fourth-order valence-electron chi connectivity index (χ4n) is 2.18. The van der Waals surface area contributed by atoms with Crippen LogP contribution in [0.4, 0.5) is 5.69 Å². The van der Waals surface area contributed by atoms with Crippen LogP contribution in [0.5, 0.6) is 0 Å². The van der Waals surface area contributed by atoms with Crippen molar-refractivity contribution >= 4 is 17.3 Å². The number of aliphatic hydroxyl groups is 1. The Hall–Kier alpha value is -1.56. The second-order valence-corrected chi connectivity index (χ2v) is 5.55. The summed E-state index contributed by atoms with van der Waals surface area (Å²) >= 11 is 6.07. The molecule has 2 aromatic rings. The average molecular weight is 294 g/mol. The van der Waals surface area contributed by atoms with E-state index in [-0.39, 0.29) is 12.0 Å². The van der Waals surface area contributed by atoms with Crippen LogP contribution in [-0.4, -0.2) is 41.3 Å². The quantitative estimate of drug-likeness (QED) is 0.884. The fourth-order valence-corrected chi connectivity index (χ4v) is 2.36. The third-order valence-corrected chi connectivity index (χ3v) is 3.75. The molecule has 1 aromatic heterocycles. The fraction of sp³-hybridized carbons (Fsp3) is 0.357. The summed E-state index contributed by atoms with van der Waals surface area (Å²) in [6.45, 7) is 1.90. The molecule has 1 saturated heterocycles. The molecule has 1 aliphatic rings. The van der Waals surface area contributed by atoms with Crippen LogP contribution < -0.4 is 5.32 Å². The van der Waals surface area contributed by atoms with E-state index in [1.54, 1.807) is 10.9 Å². The molecule has 3 rings (SSSR count). The molecular formula is C14H16ClN3O2. The molecule has 0 spiro atoms. The first-order valence-electron chi connectivity index (χ1n) is 6.45. The van der Waals surface area contributed by atoms with Crippen LogP contribution in [0.1, 0.15) is 0 Å². The second kappa shape index (κ2) is 5.44. The number of aromatic nitrogens is 2. The van der Waals surface area contributed by atoms with Gasteiger partial charge in [0.25, 0.3) is 0 Å². The molecule has 20 heavy (non-hydrogen) atoms. The van der Waals surface area contributed by atoms with Crippen molar-refractivity contribution in [3.05, 3.63) is 41.7 Å². The number of hydrogen-bond donors (Lipinski definition) is 2. The van der Waals surface area contributed by atoms with E-state index in [4.69, 9.17) is 16.3 Å². The molecule has 0 aliphatic carbocycles. The van der Waals surface area contributed by atoms with Crippen LogP contribution in [0, 0.1) is 5.41 Å². The third-order valence-electron chi connectivity index (χ3n) is 3.52. The van der Waals surface area contributed by atoms with Crippen LogP contribution in [0.25, 0.3) is 5.69 Å². The SMILES string of the molecule is OCC1(CNc2cc(Cl)ccc2-n2cccn2)COC1. The zero-order valence-corrected chi connectivity index (χ0v) is 11.7. The first kappa shape index (κ1) is 13.4. The van der Waals surface area contributed by atoms with Crippen LogP contribution in [0.3, 0.4) is 0 Å². The number of nitrogens with zero attached hydrogens (tertiary/aromatic N) is 2. The predicted octanol–water partition coefficient (Wildman–Crippen LogP) is 1.95. The van der Waals surface area contributed by atoms with Gasteiger partial charge in [0, 0.05) is 24.0 Å². The van der Waals surface area contributed by atoms with Crippen molar-refractivity contribution in [1.29, 1.82) is 0 Å². The lowest BCUT2D eigenvalue weighted by Gasteiger charge is -2.40. The highest BCUT2D eigenvalue weighted by Gasteiger charge is 2.37. The van der Waals surface area contributed by atoms with E-state index in [0.717, 1.165) is 11.4 Å². The first-order chi connectivity index (χ1) is 9.72. The summed E-state index contributed by atoms with van der Waals surface area (Å²) in [7, 11) is 0. The number of aliphatic hydroxyl groups excluding tert-OH is 1. The van der Waals surface area contributed by atoms with Crippen molar-refractivity contribution in [3.8, 4) is 5.69 Å². The number of benzene rings is 1. The van der Waals surface area contributed by atoms with Crippen molar-refractivity contribution in [2.24, 2.45) is 5.41 Å². The van der Waals surface area contributed by atoms with E-state index in [9.17, 15) is 5.11 Å². The minimum absolute atomic E-state index is 0.109. The van der Waals surface area contributed by atoms with E-state index in [0.29, 0.717) is 24.8 Å². The maximum Gasteiger partial charge on any atom is 0.0877 e. The van der Waals surface area contributed by atoms with E-state index in [2.05, 4.69) is 10.4 Å². The number of hydrogen-bond acceptors (Lipinski definition) is 4. The van der Waals surface area contributed by atoms with Crippen LogP contribution in [0.2, 0.25) is 5.02 Å². The highest BCUT2D eigenvalue weighted by atomic mass is 35.5. The summed E-state index contributed by atoms with van der Waals surface area (Å²) in [6, 6.07) is 7.48. The maximum atomic E-state index is 9.46. The van der Waals surface area contributed by atoms with Gasteiger partial charge >= 0.3 is 0 Å². The lowest BCUT2D eigenvalue weighted by Crippen LogP contribution is -2.50. The molecule has 0 saturated carbocycles. The van der Waals surface area contributed by atoms with Crippen LogP contribution in [0.15, 0.2) is 36.7 Å². The van der Waals surface area contributed by atoms with Crippen molar-refractivity contribution in [1.82, 2.24) is 9.78 Å². The van der Waals surface area contributed by atoms with Gasteiger partial charge < -0.3 is 15.2 Å². The Bertz CT molecular complexity index is 577. The molecule has 106 valence electrons. The molecule has 0 bridgehead atoms. The number of rotatable bonds is 5. The van der Waals surface area contributed by atoms with Gasteiger partial charge in [0.1, 0.15) is 0 Å². The van der Waals surface area contributed by atoms with Gasteiger partial charge in [-0.05, 0) is 24.3 Å². The van der Waals surface area contributed by atoms with E-state index < -0.39 is 0 Å². The summed E-state index contributed by atoms with van der Waals surface area (Å²) in [5.41, 5.74) is 1.62. The Morgan fingerprint density at radius 1 is 1.45 bits per heavy atom. The van der Waals surface area contributed by atoms with Crippen LogP contribution in [-0.2, 0) is 4.74 Å². The molecule has 1 aromatic carbocycles. The zero-order chi connectivity index (χ0) is 14.0. The molecule has 6 heteroatoms. The Morgan fingerprint density at radius 2 is 2.30 bits per heavy atom. The van der Waals surface area contributed by atoms with Gasteiger partial charge in [0.2, 0.25) is 0 Å². The van der Waals surface area contributed by atoms with Gasteiger partial charge in [-0.15, -0.1) is 0 Å². The van der Waals surface area contributed by atoms with Gasteiger partial charge in [-0.25, -0.2) is 4.68 Å². The number of halogens is 1. The zero-order valence-electron chi connectivity index (χ0n) is 10.9. The third kappa shape index (κ3) is 2.52. The molecule has 0 atom stereocenters. The van der Waals surface area contributed by atoms with Crippen molar-refractivity contribution < 1.29 is 9.84 Å². The summed E-state index contributed by atoms with van der Waals surface area (Å²) in [5.74, 6) is 0. The van der Waals surface area contributed by atoms with E-state index >= 15 is 0 Å². The summed E-state index contributed by atoms with van der Waals surface area (Å²) in [4.78, 5) is 0. The largest absolute Gasteiger partial charge is 0.396 e. The lowest BCUT2D eigenvalue weighted by atomic mass is 9.87. The minimum Gasteiger partial charge on any atom is -0.396 e. The van der Waals surface area contributed by atoms with Crippen LogP contribution >= 0.6 is 11.6 Å². The lowest BCUT2D eigenvalue weighted by molar-refractivity contribution is -0.128. The van der Waals surface area contributed by atoms with Crippen molar-refractivity contribution in [2.75, 3.05) is 31.7 Å². The molecule has 1 aliphatic heterocycles. The molecule has 2 N–H and O–H groups in total. The Morgan fingerprint density at radius 3 is 2.90 bits per heavy atom. The average Bonchev–Trinajstić information content (AvgIpc) is 2.92. The van der Waals surface area contributed by atoms with E-state index in [1.165, 1.54) is 0 Å². The standard InChI is InChI=1S/C14H16ClN3O2/c15-11-2-3-13(18-5-1-4-17-18)12(6-11)16-7-14(8-19)9-20-10-14/h1-6,16,19H,7-10H2. The number of ether oxygens (including phenoxy) is 1. The maximum absolute atomic E-state index is 9.46. The summed E-state index contributed by atoms with van der Waals surface area (Å²) in [6.07, 6.45) is 3.61. The molecule has 0 unspecified atom stereocenters. The predicted molar refractivity (Wildman–Crippen MR) is 77.4 cm³/mol. The molecular weight excluding hydrogens is 278 g/mol. The Labute approximate surface area is 122 Å². The van der Waals surface area contributed by atoms with Gasteiger partial charge in [-0.2, -0.15) is 5.10 Å². The van der Waals surface area contributed by atoms with Gasteiger partial charge in [0.15, 0.2) is 0 Å². The summed E-state index contributed by atoms with van der Waals surface area (Å²) < 4.78 is 6.98. The monoisotopic (exact) mass is 293 g/mol. The van der Waals surface area contributed by atoms with Gasteiger partial charge in [-0.1, -0.05) is 11.6 Å². The van der Waals surface area contributed by atoms with Crippen molar-refractivity contribution in [3.63, 3.8) is 0 Å². The highest BCUT2D eigenvalue weighted by molar-refractivity contribution is 6.31. The van der Waals surface area contributed by atoms with E-state index in [1.807, 2.05) is 30.5 Å². The van der Waals surface area contributed by atoms with Crippen molar-refractivity contribution in [2.45, 2.75) is 0 Å². The first-order valence-corrected chi connectivity index (χ1v) is 6.82. The molecule has 2 heterocycles. The Kier molecular flexibility index (Phi) is 3.65. The Balaban J connectivity index is 1.83. The van der Waals surface area contributed by atoms with Gasteiger partial charge in [0.05, 0.1) is 36.6 Å².